The van der Waals surface area contributed by atoms with E-state index in [4.69, 9.17) is 18.9 Å². The Morgan fingerprint density at radius 3 is 2.76 bits per heavy atom. The highest BCUT2D eigenvalue weighted by molar-refractivity contribution is 5.64. The van der Waals surface area contributed by atoms with Crippen LogP contribution in [0.2, 0.25) is 0 Å². The topological polar surface area (TPSA) is 97.1 Å². The molecule has 0 amide bonds. The molecule has 0 spiro atoms. The van der Waals surface area contributed by atoms with Crippen molar-refractivity contribution in [3.8, 4) is 5.75 Å². The van der Waals surface area contributed by atoms with Crippen LogP contribution in [0, 0.1) is 16.0 Å². The molecule has 0 aliphatic carbocycles. The van der Waals surface area contributed by atoms with Crippen LogP contribution >= 0.6 is 0 Å². The Hall–Kier alpha value is -2.19. The summed E-state index contributed by atoms with van der Waals surface area (Å²) in [5, 5.41) is 10.5. The third kappa shape index (κ3) is 2.96. The van der Waals surface area contributed by atoms with Gasteiger partial charge in [0.05, 0.1) is 24.1 Å². The zero-order valence-electron chi connectivity index (χ0n) is 11.0. The molecule has 3 atom stereocenters. The van der Waals surface area contributed by atoms with E-state index in [9.17, 15) is 14.9 Å². The Bertz CT molecular complexity index is 544. The molecular weight excluding hydrogens is 282 g/mol. The highest BCUT2D eigenvalue weighted by Gasteiger charge is 2.44. The maximum atomic E-state index is 11.7. The molecule has 2 aliphatic heterocycles. The number of benzene rings is 1. The fourth-order valence-electron chi connectivity index (χ4n) is 2.43. The van der Waals surface area contributed by atoms with Crippen LogP contribution in [-0.4, -0.2) is 36.7 Å². The van der Waals surface area contributed by atoms with E-state index >= 15 is 0 Å². The lowest BCUT2D eigenvalue weighted by atomic mass is 10.0. The molecule has 3 rings (SSSR count). The number of nitrogens with zero attached hydrogens (tertiary/aromatic N) is 1. The van der Waals surface area contributed by atoms with Crippen LogP contribution in [0.1, 0.15) is 6.42 Å². The van der Waals surface area contributed by atoms with Gasteiger partial charge in [-0.1, -0.05) is 0 Å². The van der Waals surface area contributed by atoms with Crippen LogP contribution in [0.3, 0.4) is 0 Å². The number of rotatable bonds is 3. The Kier molecular flexibility index (Phi) is 3.72. The van der Waals surface area contributed by atoms with Crippen molar-refractivity contribution < 1.29 is 28.7 Å². The quantitative estimate of drug-likeness (QED) is 0.363. The van der Waals surface area contributed by atoms with Crippen LogP contribution < -0.4 is 4.74 Å². The van der Waals surface area contributed by atoms with Crippen molar-refractivity contribution in [2.45, 2.75) is 18.8 Å². The standard InChI is InChI=1S/C13H13NO7/c15-13(20-9-3-1-8(2-4-9)14(16)17)21-11-7-19-12-10(11)5-6-18-12/h1-4,10-12H,5-7H2/t10-,11+,12?/m1/s1. The molecule has 2 heterocycles. The molecule has 0 aromatic heterocycles. The van der Waals surface area contributed by atoms with Gasteiger partial charge in [-0.15, -0.1) is 0 Å². The molecule has 8 nitrogen and oxygen atoms in total. The van der Waals surface area contributed by atoms with Crippen LogP contribution in [-0.2, 0) is 14.2 Å². The number of hydrogen-bond acceptors (Lipinski definition) is 7. The minimum absolute atomic E-state index is 0.0365. The molecule has 1 aromatic carbocycles. The molecule has 0 N–H and O–H groups in total. The van der Waals surface area contributed by atoms with Gasteiger partial charge in [0.25, 0.3) is 5.69 Å². The lowest BCUT2D eigenvalue weighted by Gasteiger charge is -2.15. The largest absolute Gasteiger partial charge is 0.514 e. The van der Waals surface area contributed by atoms with Crippen molar-refractivity contribution in [2.24, 2.45) is 5.92 Å². The van der Waals surface area contributed by atoms with Gasteiger partial charge in [-0.05, 0) is 18.6 Å². The third-order valence-corrected chi connectivity index (χ3v) is 3.48. The Morgan fingerprint density at radius 2 is 2.05 bits per heavy atom. The minimum Gasteiger partial charge on any atom is -0.428 e. The Morgan fingerprint density at radius 1 is 1.29 bits per heavy atom. The average Bonchev–Trinajstić information content (AvgIpc) is 3.04. The van der Waals surface area contributed by atoms with Crippen molar-refractivity contribution in [2.75, 3.05) is 13.2 Å². The van der Waals surface area contributed by atoms with E-state index in [-0.39, 0.29) is 36.4 Å². The molecule has 21 heavy (non-hydrogen) atoms. The van der Waals surface area contributed by atoms with Crippen LogP contribution in [0.25, 0.3) is 0 Å². The first kappa shape index (κ1) is 13.8. The monoisotopic (exact) mass is 295 g/mol. The number of ether oxygens (including phenoxy) is 4. The summed E-state index contributed by atoms with van der Waals surface area (Å²) >= 11 is 0. The minimum atomic E-state index is -0.856. The third-order valence-electron chi connectivity index (χ3n) is 3.48. The summed E-state index contributed by atoms with van der Waals surface area (Å²) in [7, 11) is 0. The van der Waals surface area contributed by atoms with E-state index in [1.165, 1.54) is 24.3 Å². The van der Waals surface area contributed by atoms with Crippen molar-refractivity contribution in [1.29, 1.82) is 0 Å². The summed E-state index contributed by atoms with van der Waals surface area (Å²) < 4.78 is 20.9. The van der Waals surface area contributed by atoms with Crippen molar-refractivity contribution in [3.63, 3.8) is 0 Å². The van der Waals surface area contributed by atoms with Gasteiger partial charge in [-0.25, -0.2) is 4.79 Å². The molecule has 2 fully saturated rings. The second-order valence-corrected chi connectivity index (χ2v) is 4.78. The summed E-state index contributed by atoms with van der Waals surface area (Å²) in [6, 6.07) is 5.18. The Labute approximate surface area is 119 Å². The first-order chi connectivity index (χ1) is 10.1. The average molecular weight is 295 g/mol. The number of carbonyl (C=O) groups is 1. The molecule has 8 heteroatoms. The van der Waals surface area contributed by atoms with Crippen LogP contribution in [0.5, 0.6) is 5.75 Å². The van der Waals surface area contributed by atoms with Gasteiger partial charge >= 0.3 is 6.16 Å². The van der Waals surface area contributed by atoms with Crippen LogP contribution in [0.15, 0.2) is 24.3 Å². The number of carbonyl (C=O) groups excluding carboxylic acids is 1. The SMILES string of the molecule is O=C(Oc1ccc([N+](=O)[O-])cc1)O[C@H]1COC2OCC[C@@H]21. The van der Waals surface area contributed by atoms with Gasteiger partial charge < -0.3 is 18.9 Å². The van der Waals surface area contributed by atoms with Gasteiger partial charge in [-0.2, -0.15) is 0 Å². The van der Waals surface area contributed by atoms with Gasteiger partial charge in [0.2, 0.25) is 0 Å². The van der Waals surface area contributed by atoms with E-state index in [0.717, 1.165) is 6.42 Å². The van der Waals surface area contributed by atoms with Crippen molar-refractivity contribution in [3.05, 3.63) is 34.4 Å². The molecular formula is C13H13NO7. The number of hydrogen-bond donors (Lipinski definition) is 0. The zero-order chi connectivity index (χ0) is 14.8. The molecule has 0 bridgehead atoms. The summed E-state index contributed by atoms with van der Waals surface area (Å²) in [5.41, 5.74) is -0.0779. The van der Waals surface area contributed by atoms with Gasteiger partial charge in [-0.3, -0.25) is 10.1 Å². The number of non-ortho nitro benzene ring substituents is 1. The molecule has 1 aromatic rings. The smallest absolute Gasteiger partial charge is 0.428 e. The fraction of sp³-hybridized carbons (Fsp3) is 0.462. The van der Waals surface area contributed by atoms with E-state index in [1.807, 2.05) is 0 Å². The van der Waals surface area contributed by atoms with Gasteiger partial charge in [0, 0.05) is 12.1 Å². The van der Waals surface area contributed by atoms with E-state index in [2.05, 4.69) is 0 Å². The Balaban J connectivity index is 1.55. The van der Waals surface area contributed by atoms with E-state index < -0.39 is 11.1 Å². The molecule has 1 unspecified atom stereocenters. The summed E-state index contributed by atoms with van der Waals surface area (Å²) in [6.45, 7) is 0.872. The number of nitro benzene ring substituents is 1. The lowest BCUT2D eigenvalue weighted by molar-refractivity contribution is -0.384. The normalized spacial score (nSPS) is 27.1. The molecule has 2 saturated heterocycles. The number of nitro groups is 1. The first-order valence-electron chi connectivity index (χ1n) is 6.49. The predicted molar refractivity (Wildman–Crippen MR) is 67.8 cm³/mol. The summed E-state index contributed by atoms with van der Waals surface area (Å²) in [4.78, 5) is 21.7. The maximum absolute atomic E-state index is 11.7. The zero-order valence-corrected chi connectivity index (χ0v) is 11.0. The maximum Gasteiger partial charge on any atom is 0.514 e. The number of fused-ring (bicyclic) bond motifs is 1. The highest BCUT2D eigenvalue weighted by Crippen LogP contribution is 2.33. The fourth-order valence-corrected chi connectivity index (χ4v) is 2.43. The molecule has 2 aliphatic rings. The van der Waals surface area contributed by atoms with Gasteiger partial charge in [0.1, 0.15) is 11.9 Å². The summed E-state index contributed by atoms with van der Waals surface area (Å²) in [6.07, 6.45) is -0.768. The second-order valence-electron chi connectivity index (χ2n) is 4.78. The van der Waals surface area contributed by atoms with E-state index in [1.54, 1.807) is 0 Å². The first-order valence-corrected chi connectivity index (χ1v) is 6.49. The van der Waals surface area contributed by atoms with Gasteiger partial charge in [0.15, 0.2) is 6.29 Å². The second kappa shape index (κ2) is 5.66. The molecule has 0 saturated carbocycles. The van der Waals surface area contributed by atoms with E-state index in [0.29, 0.717) is 6.61 Å². The highest BCUT2D eigenvalue weighted by atomic mass is 16.8. The predicted octanol–water partition coefficient (Wildman–Crippen LogP) is 1.87. The molecule has 0 radical (unpaired) electrons. The lowest BCUT2D eigenvalue weighted by Crippen LogP contribution is -2.27. The van der Waals surface area contributed by atoms with Crippen LogP contribution in [0.4, 0.5) is 10.5 Å². The summed E-state index contributed by atoms with van der Waals surface area (Å²) in [5.74, 6) is 0.221. The van der Waals surface area contributed by atoms with Crippen molar-refractivity contribution in [1.82, 2.24) is 0 Å². The van der Waals surface area contributed by atoms with Crippen molar-refractivity contribution >= 4 is 11.8 Å². The molecule has 112 valence electrons.